The van der Waals surface area contributed by atoms with Crippen LogP contribution in [0.25, 0.3) is 0 Å². The van der Waals surface area contributed by atoms with Crippen LogP contribution in [0.3, 0.4) is 0 Å². The Labute approximate surface area is 172 Å². The van der Waals surface area contributed by atoms with Gasteiger partial charge in [0.2, 0.25) is 11.8 Å². The van der Waals surface area contributed by atoms with Crippen molar-refractivity contribution in [2.24, 2.45) is 11.8 Å². The summed E-state index contributed by atoms with van der Waals surface area (Å²) in [6.45, 7) is 9.19. The minimum absolute atomic E-state index is 0.0422. The summed E-state index contributed by atoms with van der Waals surface area (Å²) in [5.74, 6) is -2.56. The van der Waals surface area contributed by atoms with E-state index >= 15 is 0 Å². The van der Waals surface area contributed by atoms with E-state index < -0.39 is 41.1 Å². The number of hydrogen-bond acceptors (Lipinski definition) is 6. The van der Waals surface area contributed by atoms with E-state index in [2.05, 4.69) is 5.32 Å². The molecule has 164 valence electrons. The Morgan fingerprint density at radius 3 is 2.62 bits per heavy atom. The Bertz CT molecular complexity index is 684. The largest absolute Gasteiger partial charge is 0.466 e. The molecule has 0 aliphatic carbocycles. The summed E-state index contributed by atoms with van der Waals surface area (Å²) < 4.78 is 11.7. The number of aliphatic hydroxyl groups is 1. The van der Waals surface area contributed by atoms with Crippen LogP contribution in [0.4, 0.5) is 0 Å². The number of carbonyl (C=O) groups is 3. The molecule has 3 rings (SSSR count). The van der Waals surface area contributed by atoms with Gasteiger partial charge in [0.15, 0.2) is 0 Å². The Balaban J connectivity index is 2.02. The minimum atomic E-state index is -1.07. The standard InChI is InChI=1S/C21H34N2O6/c1-6-8-12(3)22-17(25)16-21-10-9-20(5,29-21)15(19(27)28-7-2)14(21)18(26)23(16)13(4)11-24/h12-16,24H,6-11H2,1-5H3,(H,22,25)/t12?,13-,14+,15-,16?,20+,21?/m1/s1. The summed E-state index contributed by atoms with van der Waals surface area (Å²) in [7, 11) is 0. The lowest BCUT2D eigenvalue weighted by molar-refractivity contribution is -0.160. The smallest absolute Gasteiger partial charge is 0.312 e. The second-order valence-electron chi connectivity index (χ2n) is 8.96. The van der Waals surface area contributed by atoms with E-state index in [-0.39, 0.29) is 31.1 Å². The van der Waals surface area contributed by atoms with Crippen molar-refractivity contribution in [3.05, 3.63) is 0 Å². The Morgan fingerprint density at radius 2 is 2.03 bits per heavy atom. The first-order valence-electron chi connectivity index (χ1n) is 10.8. The molecular weight excluding hydrogens is 376 g/mol. The highest BCUT2D eigenvalue weighted by Crippen LogP contribution is 2.63. The fourth-order valence-electron chi connectivity index (χ4n) is 5.64. The van der Waals surface area contributed by atoms with Crippen molar-refractivity contribution >= 4 is 17.8 Å². The summed E-state index contributed by atoms with van der Waals surface area (Å²) in [4.78, 5) is 41.1. The van der Waals surface area contributed by atoms with Gasteiger partial charge in [0.1, 0.15) is 17.6 Å². The number of aliphatic hydroxyl groups excluding tert-OH is 1. The SMILES string of the molecule is CCCC(C)NC(=O)C1N([C@H](C)CO)C(=O)[C@@H]2[C@H](C(=O)OCC)[C@]3(C)CCC12O3. The molecule has 0 aromatic carbocycles. The van der Waals surface area contributed by atoms with Crippen molar-refractivity contribution in [1.29, 1.82) is 0 Å². The number of esters is 1. The molecule has 29 heavy (non-hydrogen) atoms. The maximum atomic E-state index is 13.5. The molecule has 2 bridgehead atoms. The monoisotopic (exact) mass is 410 g/mol. The van der Waals surface area contributed by atoms with Gasteiger partial charge in [-0.3, -0.25) is 14.4 Å². The van der Waals surface area contributed by atoms with E-state index in [9.17, 15) is 19.5 Å². The van der Waals surface area contributed by atoms with Gasteiger partial charge in [-0.1, -0.05) is 13.3 Å². The van der Waals surface area contributed by atoms with Crippen molar-refractivity contribution in [2.75, 3.05) is 13.2 Å². The number of fused-ring (bicyclic) bond motifs is 1. The molecule has 8 heteroatoms. The quantitative estimate of drug-likeness (QED) is 0.579. The van der Waals surface area contributed by atoms with Gasteiger partial charge in [-0.25, -0.2) is 0 Å². The van der Waals surface area contributed by atoms with Gasteiger partial charge in [-0.15, -0.1) is 0 Å². The first kappa shape index (κ1) is 22.0. The first-order chi connectivity index (χ1) is 13.7. The number of amides is 2. The molecule has 1 spiro atoms. The molecular formula is C21H34N2O6. The van der Waals surface area contributed by atoms with Gasteiger partial charge in [0, 0.05) is 6.04 Å². The highest BCUT2D eigenvalue weighted by Gasteiger charge is 2.78. The van der Waals surface area contributed by atoms with E-state index in [1.54, 1.807) is 13.8 Å². The Hall–Kier alpha value is -1.67. The van der Waals surface area contributed by atoms with Crippen LogP contribution in [0.1, 0.15) is 60.3 Å². The van der Waals surface area contributed by atoms with Gasteiger partial charge in [-0.2, -0.15) is 0 Å². The summed E-state index contributed by atoms with van der Waals surface area (Å²) in [5.41, 5.74) is -1.89. The highest BCUT2D eigenvalue weighted by atomic mass is 16.6. The third kappa shape index (κ3) is 3.24. The lowest BCUT2D eigenvalue weighted by Gasteiger charge is -2.36. The third-order valence-electron chi connectivity index (χ3n) is 6.85. The second-order valence-corrected chi connectivity index (χ2v) is 8.96. The predicted octanol–water partition coefficient (Wildman–Crippen LogP) is 1.000. The van der Waals surface area contributed by atoms with Gasteiger partial charge in [0.25, 0.3) is 0 Å². The average molecular weight is 411 g/mol. The van der Waals surface area contributed by atoms with E-state index in [1.807, 2.05) is 20.8 Å². The molecule has 3 aliphatic heterocycles. The van der Waals surface area contributed by atoms with Crippen LogP contribution in [-0.4, -0.2) is 70.3 Å². The number of rotatable bonds is 8. The summed E-state index contributed by atoms with van der Waals surface area (Å²) in [5, 5.41) is 12.8. The summed E-state index contributed by atoms with van der Waals surface area (Å²) in [6, 6.07) is -1.47. The van der Waals surface area contributed by atoms with Crippen LogP contribution in [0, 0.1) is 11.8 Å². The number of likely N-dealkylation sites (tertiary alicyclic amines) is 1. The maximum Gasteiger partial charge on any atom is 0.312 e. The molecule has 3 unspecified atom stereocenters. The summed E-state index contributed by atoms with van der Waals surface area (Å²) in [6.07, 6.45) is 2.85. The summed E-state index contributed by atoms with van der Waals surface area (Å²) >= 11 is 0. The van der Waals surface area contributed by atoms with Crippen LogP contribution < -0.4 is 5.32 Å². The average Bonchev–Trinajstić information content (AvgIpc) is 3.22. The van der Waals surface area contributed by atoms with Crippen molar-refractivity contribution in [3.63, 3.8) is 0 Å². The zero-order valence-corrected chi connectivity index (χ0v) is 18.1. The van der Waals surface area contributed by atoms with Gasteiger partial charge in [-0.05, 0) is 47.0 Å². The van der Waals surface area contributed by atoms with Crippen molar-refractivity contribution in [3.8, 4) is 0 Å². The number of carbonyl (C=O) groups excluding carboxylic acids is 3. The first-order valence-corrected chi connectivity index (χ1v) is 10.8. The molecule has 2 amide bonds. The molecule has 3 saturated heterocycles. The second kappa shape index (κ2) is 7.87. The zero-order chi connectivity index (χ0) is 21.6. The molecule has 3 aliphatic rings. The van der Waals surface area contributed by atoms with E-state index in [4.69, 9.17) is 9.47 Å². The molecule has 2 N–H and O–H groups in total. The third-order valence-corrected chi connectivity index (χ3v) is 6.85. The fraction of sp³-hybridized carbons (Fsp3) is 0.857. The number of hydrogen-bond donors (Lipinski definition) is 2. The van der Waals surface area contributed by atoms with Crippen LogP contribution >= 0.6 is 0 Å². The van der Waals surface area contributed by atoms with E-state index in [0.29, 0.717) is 12.8 Å². The molecule has 3 fully saturated rings. The predicted molar refractivity (Wildman–Crippen MR) is 105 cm³/mol. The van der Waals surface area contributed by atoms with Crippen LogP contribution in [0.5, 0.6) is 0 Å². The topological polar surface area (TPSA) is 105 Å². The fourth-order valence-corrected chi connectivity index (χ4v) is 5.64. The minimum Gasteiger partial charge on any atom is -0.466 e. The number of nitrogens with zero attached hydrogens (tertiary/aromatic N) is 1. The van der Waals surface area contributed by atoms with Crippen LogP contribution in [0.15, 0.2) is 0 Å². The molecule has 8 nitrogen and oxygen atoms in total. The lowest BCUT2D eigenvalue weighted by Crippen LogP contribution is -2.58. The highest BCUT2D eigenvalue weighted by molar-refractivity contribution is 5.98. The Kier molecular flexibility index (Phi) is 5.98. The van der Waals surface area contributed by atoms with E-state index in [1.165, 1.54) is 4.90 Å². The molecule has 3 heterocycles. The molecule has 0 saturated carbocycles. The molecule has 7 atom stereocenters. The number of nitrogens with one attached hydrogen (secondary N) is 1. The van der Waals surface area contributed by atoms with Gasteiger partial charge < -0.3 is 24.8 Å². The van der Waals surface area contributed by atoms with Crippen LogP contribution in [-0.2, 0) is 23.9 Å². The van der Waals surface area contributed by atoms with Gasteiger partial charge in [0.05, 0.1) is 30.8 Å². The number of ether oxygens (including phenoxy) is 2. The normalized spacial score (nSPS) is 37.4. The van der Waals surface area contributed by atoms with Crippen molar-refractivity contribution in [1.82, 2.24) is 10.2 Å². The molecule has 0 aromatic rings. The lowest BCUT2D eigenvalue weighted by atomic mass is 9.66. The molecule has 0 aromatic heterocycles. The molecule has 0 radical (unpaired) electrons. The van der Waals surface area contributed by atoms with Crippen molar-refractivity contribution in [2.45, 2.75) is 89.6 Å². The Morgan fingerprint density at radius 1 is 1.34 bits per heavy atom. The van der Waals surface area contributed by atoms with Crippen LogP contribution in [0.2, 0.25) is 0 Å². The van der Waals surface area contributed by atoms with E-state index in [0.717, 1.165) is 12.8 Å². The zero-order valence-electron chi connectivity index (χ0n) is 18.1. The van der Waals surface area contributed by atoms with Gasteiger partial charge >= 0.3 is 5.97 Å². The van der Waals surface area contributed by atoms with Crippen molar-refractivity contribution < 1.29 is 29.0 Å². The maximum absolute atomic E-state index is 13.5.